The van der Waals surface area contributed by atoms with Crippen LogP contribution in [-0.2, 0) is 6.54 Å². The van der Waals surface area contributed by atoms with E-state index in [0.717, 1.165) is 51.8 Å². The molecule has 0 N–H and O–H groups in total. The van der Waals surface area contributed by atoms with Crippen molar-refractivity contribution in [3.8, 4) is 45.2 Å². The number of hydrogen-bond acceptors (Lipinski definition) is 3. The number of methoxy groups -OCH3 is 2. The second kappa shape index (κ2) is 9.13. The molecule has 3 aromatic carbocycles. The Kier molecular flexibility index (Phi) is 5.73. The molecule has 0 amide bonds. The first kappa shape index (κ1) is 20.7. The fourth-order valence-corrected chi connectivity index (χ4v) is 4.13. The number of ether oxygens (including phenoxy) is 2. The van der Waals surface area contributed by atoms with E-state index in [9.17, 15) is 0 Å². The van der Waals surface area contributed by atoms with Gasteiger partial charge in [0.15, 0.2) is 5.76 Å². The number of hydrogen-bond donors (Lipinski definition) is 0. The predicted molar refractivity (Wildman–Crippen MR) is 132 cm³/mol. The van der Waals surface area contributed by atoms with Crippen molar-refractivity contribution in [2.45, 2.75) is 6.54 Å². The summed E-state index contributed by atoms with van der Waals surface area (Å²) < 4.78 is 19.1. The largest absolute Gasteiger partial charge is 0.497 e. The Hall–Kier alpha value is -4.18. The van der Waals surface area contributed by atoms with E-state index in [0.29, 0.717) is 0 Å². The zero-order valence-electron chi connectivity index (χ0n) is 18.7. The Labute approximate surface area is 193 Å². The van der Waals surface area contributed by atoms with Gasteiger partial charge in [-0.05, 0) is 53.1 Å². The molecule has 164 valence electrons. The highest BCUT2D eigenvalue weighted by molar-refractivity contribution is 5.87. The summed E-state index contributed by atoms with van der Waals surface area (Å²) in [6, 6.07) is 30.8. The lowest BCUT2D eigenvalue weighted by molar-refractivity contribution is 0.415. The SMILES string of the molecule is COc1ccc(-c2ccoc2-c2c(-c3ccc(OC)cc3)ccn2Cc2ccccc2)cc1. The molecule has 5 aromatic rings. The Bertz CT molecular complexity index is 1330. The Morgan fingerprint density at radius 3 is 1.88 bits per heavy atom. The van der Waals surface area contributed by atoms with Gasteiger partial charge in [-0.3, -0.25) is 0 Å². The second-order valence-electron chi connectivity index (χ2n) is 7.81. The summed E-state index contributed by atoms with van der Waals surface area (Å²) in [5.41, 5.74) is 6.61. The highest BCUT2D eigenvalue weighted by atomic mass is 16.5. The van der Waals surface area contributed by atoms with Gasteiger partial charge in [-0.25, -0.2) is 0 Å². The molecule has 0 aliphatic heterocycles. The average molecular weight is 436 g/mol. The minimum absolute atomic E-state index is 0.745. The monoisotopic (exact) mass is 435 g/mol. The number of benzene rings is 3. The Morgan fingerprint density at radius 2 is 1.27 bits per heavy atom. The first-order valence-corrected chi connectivity index (χ1v) is 10.9. The number of rotatable bonds is 7. The normalized spacial score (nSPS) is 10.8. The molecule has 2 aromatic heterocycles. The van der Waals surface area contributed by atoms with Crippen LogP contribution in [0.25, 0.3) is 33.7 Å². The molecule has 5 rings (SSSR count). The molecule has 0 aliphatic carbocycles. The molecular weight excluding hydrogens is 410 g/mol. The van der Waals surface area contributed by atoms with Gasteiger partial charge in [-0.2, -0.15) is 0 Å². The van der Waals surface area contributed by atoms with Crippen LogP contribution >= 0.6 is 0 Å². The molecule has 0 spiro atoms. The number of furan rings is 1. The molecule has 0 unspecified atom stereocenters. The summed E-state index contributed by atoms with van der Waals surface area (Å²) in [5.74, 6) is 2.50. The molecule has 4 heteroatoms. The second-order valence-corrected chi connectivity index (χ2v) is 7.81. The predicted octanol–water partition coefficient (Wildman–Crippen LogP) is 7.15. The lowest BCUT2D eigenvalue weighted by Crippen LogP contribution is -2.01. The van der Waals surface area contributed by atoms with Gasteiger partial charge in [-0.15, -0.1) is 0 Å². The first-order valence-electron chi connectivity index (χ1n) is 10.9. The van der Waals surface area contributed by atoms with Gasteiger partial charge in [0.2, 0.25) is 0 Å². The molecule has 0 bridgehead atoms. The van der Waals surface area contributed by atoms with E-state index in [2.05, 4.69) is 65.4 Å². The molecule has 0 saturated carbocycles. The third-order valence-electron chi connectivity index (χ3n) is 5.84. The molecule has 4 nitrogen and oxygen atoms in total. The molecule has 0 atom stereocenters. The van der Waals surface area contributed by atoms with Gasteiger partial charge in [0.05, 0.1) is 26.2 Å². The summed E-state index contributed by atoms with van der Waals surface area (Å²) in [5, 5.41) is 0. The van der Waals surface area contributed by atoms with E-state index in [-0.39, 0.29) is 0 Å². The van der Waals surface area contributed by atoms with Crippen LogP contribution in [0.2, 0.25) is 0 Å². The van der Waals surface area contributed by atoms with Gasteiger partial charge >= 0.3 is 0 Å². The zero-order chi connectivity index (χ0) is 22.6. The molecule has 0 saturated heterocycles. The van der Waals surface area contributed by atoms with Crippen LogP contribution in [-0.4, -0.2) is 18.8 Å². The average Bonchev–Trinajstić information content (AvgIpc) is 3.52. The zero-order valence-corrected chi connectivity index (χ0v) is 18.7. The van der Waals surface area contributed by atoms with Crippen LogP contribution in [0.5, 0.6) is 11.5 Å². The van der Waals surface area contributed by atoms with Gasteiger partial charge < -0.3 is 18.5 Å². The molecule has 0 aliphatic rings. The smallest absolute Gasteiger partial charge is 0.158 e. The fourth-order valence-electron chi connectivity index (χ4n) is 4.13. The van der Waals surface area contributed by atoms with Crippen LogP contribution in [0.1, 0.15) is 5.56 Å². The third-order valence-corrected chi connectivity index (χ3v) is 5.84. The summed E-state index contributed by atoms with van der Waals surface area (Å²) >= 11 is 0. The van der Waals surface area contributed by atoms with E-state index in [1.165, 1.54) is 5.56 Å². The first-order chi connectivity index (χ1) is 16.3. The maximum absolute atomic E-state index is 6.13. The highest BCUT2D eigenvalue weighted by Crippen LogP contribution is 2.40. The topological polar surface area (TPSA) is 36.5 Å². The van der Waals surface area contributed by atoms with Crippen molar-refractivity contribution in [2.24, 2.45) is 0 Å². The summed E-state index contributed by atoms with van der Waals surface area (Å²) in [7, 11) is 3.36. The third kappa shape index (κ3) is 4.15. The Balaban J connectivity index is 1.64. The van der Waals surface area contributed by atoms with Crippen LogP contribution in [0.15, 0.2) is 108 Å². The number of nitrogens with zero attached hydrogens (tertiary/aromatic N) is 1. The minimum atomic E-state index is 0.745. The van der Waals surface area contributed by atoms with Gasteiger partial charge in [0.1, 0.15) is 11.5 Å². The summed E-state index contributed by atoms with van der Waals surface area (Å²) in [4.78, 5) is 0. The lowest BCUT2D eigenvalue weighted by atomic mass is 9.99. The molecular formula is C29H25NO3. The van der Waals surface area contributed by atoms with Crippen molar-refractivity contribution in [3.63, 3.8) is 0 Å². The standard InChI is InChI=1S/C29H25NO3/c1-31-24-12-8-22(9-13-24)26-16-18-30(20-21-6-4-3-5-7-21)28(26)29-27(17-19-33-29)23-10-14-25(32-2)15-11-23/h3-19H,20H2,1-2H3. The Morgan fingerprint density at radius 1 is 0.667 bits per heavy atom. The maximum Gasteiger partial charge on any atom is 0.158 e. The van der Waals surface area contributed by atoms with E-state index in [4.69, 9.17) is 13.9 Å². The van der Waals surface area contributed by atoms with E-state index in [1.807, 2.05) is 36.4 Å². The van der Waals surface area contributed by atoms with Crippen LogP contribution in [0.3, 0.4) is 0 Å². The molecule has 33 heavy (non-hydrogen) atoms. The maximum atomic E-state index is 6.13. The molecule has 0 radical (unpaired) electrons. The minimum Gasteiger partial charge on any atom is -0.497 e. The summed E-state index contributed by atoms with van der Waals surface area (Å²) in [6.07, 6.45) is 3.88. The van der Waals surface area contributed by atoms with Gasteiger partial charge in [-0.1, -0.05) is 54.6 Å². The van der Waals surface area contributed by atoms with Crippen molar-refractivity contribution in [1.29, 1.82) is 0 Å². The van der Waals surface area contributed by atoms with Crippen molar-refractivity contribution in [2.75, 3.05) is 14.2 Å². The van der Waals surface area contributed by atoms with Crippen LogP contribution < -0.4 is 9.47 Å². The highest BCUT2D eigenvalue weighted by Gasteiger charge is 2.20. The summed E-state index contributed by atoms with van der Waals surface area (Å²) in [6.45, 7) is 0.745. The quantitative estimate of drug-likeness (QED) is 0.272. The van der Waals surface area contributed by atoms with Gasteiger partial charge in [0, 0.05) is 23.9 Å². The van der Waals surface area contributed by atoms with E-state index < -0.39 is 0 Å². The fraction of sp³-hybridized carbons (Fsp3) is 0.103. The number of aromatic nitrogens is 1. The van der Waals surface area contributed by atoms with Crippen molar-refractivity contribution in [1.82, 2.24) is 4.57 Å². The van der Waals surface area contributed by atoms with Crippen molar-refractivity contribution < 1.29 is 13.9 Å². The van der Waals surface area contributed by atoms with Crippen LogP contribution in [0, 0.1) is 0 Å². The molecule has 0 fully saturated rings. The van der Waals surface area contributed by atoms with Crippen LogP contribution in [0.4, 0.5) is 0 Å². The lowest BCUT2D eigenvalue weighted by Gasteiger charge is -2.13. The van der Waals surface area contributed by atoms with E-state index >= 15 is 0 Å². The molecule has 2 heterocycles. The van der Waals surface area contributed by atoms with Crippen molar-refractivity contribution in [3.05, 3.63) is 109 Å². The van der Waals surface area contributed by atoms with Crippen molar-refractivity contribution >= 4 is 0 Å². The van der Waals surface area contributed by atoms with E-state index in [1.54, 1.807) is 20.5 Å². The van der Waals surface area contributed by atoms with Gasteiger partial charge in [0.25, 0.3) is 0 Å².